The summed E-state index contributed by atoms with van der Waals surface area (Å²) in [5.74, 6) is -0.00529. The third kappa shape index (κ3) is 3.63. The molecule has 0 unspecified atom stereocenters. The molecule has 0 saturated carbocycles. The number of hydrogen-bond donors (Lipinski definition) is 1. The summed E-state index contributed by atoms with van der Waals surface area (Å²) in [5.41, 5.74) is 2.01. The van der Waals surface area contributed by atoms with Crippen molar-refractivity contribution in [3.63, 3.8) is 0 Å². The zero-order valence-corrected chi connectivity index (χ0v) is 18.2. The van der Waals surface area contributed by atoms with Crippen molar-refractivity contribution in [1.82, 2.24) is 8.87 Å². The van der Waals surface area contributed by atoms with Crippen LogP contribution >= 0.6 is 0 Å². The number of sulfonamides is 1. The molecule has 156 valence electrons. The van der Waals surface area contributed by atoms with Gasteiger partial charge >= 0.3 is 0 Å². The number of aryl methyl sites for hydroxylation is 2. The van der Waals surface area contributed by atoms with Crippen LogP contribution in [0.2, 0.25) is 0 Å². The normalized spacial score (nSPS) is 11.5. The Morgan fingerprint density at radius 3 is 2.37 bits per heavy atom. The third-order valence-corrected chi connectivity index (χ3v) is 6.70. The number of benzene rings is 1. The lowest BCUT2D eigenvalue weighted by Gasteiger charge is -2.16. The second-order valence-electron chi connectivity index (χ2n) is 7.07. The lowest BCUT2D eigenvalue weighted by atomic mass is 10.1. The van der Waals surface area contributed by atoms with Crippen molar-refractivity contribution in [2.45, 2.75) is 25.7 Å². The predicted octanol–water partition coefficient (Wildman–Crippen LogP) is 3.37. The van der Waals surface area contributed by atoms with E-state index < -0.39 is 15.9 Å². The smallest absolute Gasteiger partial charge is 0.260 e. The summed E-state index contributed by atoms with van der Waals surface area (Å²) in [5, 5.41) is 12.4. The highest BCUT2D eigenvalue weighted by atomic mass is 32.2. The van der Waals surface area contributed by atoms with E-state index in [-0.39, 0.29) is 21.9 Å². The van der Waals surface area contributed by atoms with Gasteiger partial charge in [-0.3, -0.25) is 9.36 Å². The molecule has 0 bridgehead atoms. The zero-order chi connectivity index (χ0) is 22.2. The van der Waals surface area contributed by atoms with Gasteiger partial charge in [0, 0.05) is 32.2 Å². The highest BCUT2D eigenvalue weighted by molar-refractivity contribution is 7.89. The van der Waals surface area contributed by atoms with Gasteiger partial charge in [-0.2, -0.15) is 5.26 Å². The first-order valence-corrected chi connectivity index (χ1v) is 10.5. The van der Waals surface area contributed by atoms with Crippen LogP contribution in [0, 0.1) is 32.1 Å². The van der Waals surface area contributed by atoms with Crippen LogP contribution in [0.1, 0.15) is 32.8 Å². The van der Waals surface area contributed by atoms with Gasteiger partial charge in [-0.1, -0.05) is 0 Å². The second-order valence-corrected chi connectivity index (χ2v) is 9.22. The van der Waals surface area contributed by atoms with Crippen LogP contribution < -0.4 is 5.32 Å². The van der Waals surface area contributed by atoms with Gasteiger partial charge in [-0.05, 0) is 56.2 Å². The molecule has 9 heteroatoms. The SMILES string of the molecule is Cc1cc(S(=O)(=O)N(C)C)cc(NC(=O)c2c(C)oc(-n3cccc3)c2C#N)c1C. The Morgan fingerprint density at radius 1 is 1.17 bits per heavy atom. The van der Waals surface area contributed by atoms with Crippen LogP contribution in [-0.4, -0.2) is 37.3 Å². The van der Waals surface area contributed by atoms with Crippen LogP contribution in [0.3, 0.4) is 0 Å². The van der Waals surface area contributed by atoms with E-state index in [9.17, 15) is 18.5 Å². The summed E-state index contributed by atoms with van der Waals surface area (Å²) < 4.78 is 33.5. The van der Waals surface area contributed by atoms with E-state index in [0.717, 1.165) is 9.87 Å². The Balaban J connectivity index is 2.06. The number of furan rings is 1. The van der Waals surface area contributed by atoms with Crippen molar-refractivity contribution in [3.8, 4) is 12.0 Å². The highest BCUT2D eigenvalue weighted by Gasteiger charge is 2.26. The zero-order valence-electron chi connectivity index (χ0n) is 17.3. The van der Waals surface area contributed by atoms with Gasteiger partial charge in [-0.25, -0.2) is 12.7 Å². The monoisotopic (exact) mass is 426 g/mol. The standard InChI is InChI=1S/C21H22N4O4S/c1-13-10-16(30(27,28)24(4)5)11-18(14(13)2)23-20(26)19-15(3)29-21(17(19)12-22)25-8-6-7-9-25/h6-11H,1-5H3,(H,23,26). The molecule has 0 aliphatic carbocycles. The molecule has 2 heterocycles. The number of nitriles is 1. The van der Waals surface area contributed by atoms with Gasteiger partial charge in [0.1, 0.15) is 23.0 Å². The number of carbonyl (C=O) groups is 1. The second kappa shape index (κ2) is 7.82. The molecule has 0 radical (unpaired) electrons. The third-order valence-electron chi connectivity index (χ3n) is 4.91. The van der Waals surface area contributed by atoms with E-state index in [1.807, 2.05) is 6.07 Å². The van der Waals surface area contributed by atoms with E-state index in [0.29, 0.717) is 17.0 Å². The number of anilines is 1. The Morgan fingerprint density at radius 2 is 1.80 bits per heavy atom. The molecule has 3 aromatic rings. The molecule has 0 spiro atoms. The van der Waals surface area contributed by atoms with Crippen LogP contribution in [0.15, 0.2) is 46.0 Å². The lowest BCUT2D eigenvalue weighted by molar-refractivity contribution is 0.102. The summed E-state index contributed by atoms with van der Waals surface area (Å²) in [6, 6.07) is 8.58. The first-order chi connectivity index (χ1) is 14.1. The fourth-order valence-electron chi connectivity index (χ4n) is 3.06. The molecular weight excluding hydrogens is 404 g/mol. The Kier molecular flexibility index (Phi) is 5.57. The van der Waals surface area contributed by atoms with E-state index >= 15 is 0 Å². The summed E-state index contributed by atoms with van der Waals surface area (Å²) >= 11 is 0. The van der Waals surface area contributed by atoms with Gasteiger partial charge in [0.15, 0.2) is 0 Å². The molecule has 3 rings (SSSR count). The van der Waals surface area contributed by atoms with E-state index in [2.05, 4.69) is 5.32 Å². The molecule has 0 saturated heterocycles. The number of nitrogens with one attached hydrogen (secondary N) is 1. The van der Waals surface area contributed by atoms with E-state index in [1.54, 1.807) is 55.9 Å². The summed E-state index contributed by atoms with van der Waals surface area (Å²) in [7, 11) is -0.790. The number of aromatic nitrogens is 1. The number of amides is 1. The quantitative estimate of drug-likeness (QED) is 0.673. The Bertz CT molecular complexity index is 1260. The van der Waals surface area contributed by atoms with Crippen LogP contribution in [0.5, 0.6) is 0 Å². The summed E-state index contributed by atoms with van der Waals surface area (Å²) in [6.45, 7) is 5.16. The maximum atomic E-state index is 13.1. The topological polar surface area (TPSA) is 108 Å². The van der Waals surface area contributed by atoms with Gasteiger partial charge in [-0.15, -0.1) is 0 Å². The number of carbonyl (C=O) groups excluding carboxylic acids is 1. The van der Waals surface area contributed by atoms with Gasteiger partial charge in [0.05, 0.1) is 4.90 Å². The molecule has 1 N–H and O–H groups in total. The van der Waals surface area contributed by atoms with Gasteiger partial charge in [0.2, 0.25) is 15.9 Å². The summed E-state index contributed by atoms with van der Waals surface area (Å²) in [6.07, 6.45) is 3.42. The molecule has 0 aliphatic heterocycles. The van der Waals surface area contributed by atoms with E-state index in [4.69, 9.17) is 4.42 Å². The molecule has 8 nitrogen and oxygen atoms in total. The Labute approximate surface area is 175 Å². The first-order valence-electron chi connectivity index (χ1n) is 9.10. The van der Waals surface area contributed by atoms with Crippen LogP contribution in [0.25, 0.3) is 5.88 Å². The molecule has 0 atom stereocenters. The average Bonchev–Trinajstić information content (AvgIpc) is 3.32. The lowest BCUT2D eigenvalue weighted by Crippen LogP contribution is -2.23. The minimum absolute atomic E-state index is 0.0725. The predicted molar refractivity (Wildman–Crippen MR) is 112 cm³/mol. The van der Waals surface area contributed by atoms with Crippen molar-refractivity contribution in [2.75, 3.05) is 19.4 Å². The maximum absolute atomic E-state index is 13.1. The largest absolute Gasteiger partial charge is 0.443 e. The molecule has 1 amide bonds. The molecular formula is C21H22N4O4S. The number of nitrogens with zero attached hydrogens (tertiary/aromatic N) is 3. The molecule has 0 fully saturated rings. The molecule has 2 aromatic heterocycles. The van der Waals surface area contributed by atoms with Gasteiger partial charge in [0.25, 0.3) is 5.91 Å². The minimum Gasteiger partial charge on any atom is -0.443 e. The van der Waals surface area contributed by atoms with E-state index in [1.165, 1.54) is 20.2 Å². The van der Waals surface area contributed by atoms with Crippen molar-refractivity contribution in [2.24, 2.45) is 0 Å². The molecule has 0 aliphatic rings. The van der Waals surface area contributed by atoms with Crippen LogP contribution in [0.4, 0.5) is 5.69 Å². The number of rotatable bonds is 5. The van der Waals surface area contributed by atoms with Crippen molar-refractivity contribution in [3.05, 3.63) is 64.7 Å². The Hall–Kier alpha value is -3.35. The molecule has 1 aromatic carbocycles. The minimum atomic E-state index is -3.68. The fourth-order valence-corrected chi connectivity index (χ4v) is 4.07. The first kappa shape index (κ1) is 21.4. The van der Waals surface area contributed by atoms with Crippen molar-refractivity contribution >= 4 is 21.6 Å². The van der Waals surface area contributed by atoms with Crippen molar-refractivity contribution < 1.29 is 17.6 Å². The average molecular weight is 426 g/mol. The summed E-state index contributed by atoms with van der Waals surface area (Å²) in [4.78, 5) is 13.1. The fraction of sp³-hybridized carbons (Fsp3) is 0.238. The highest BCUT2D eigenvalue weighted by Crippen LogP contribution is 2.29. The van der Waals surface area contributed by atoms with Gasteiger partial charge < -0.3 is 9.73 Å². The number of hydrogen-bond acceptors (Lipinski definition) is 5. The molecule has 30 heavy (non-hydrogen) atoms. The van der Waals surface area contributed by atoms with Crippen molar-refractivity contribution in [1.29, 1.82) is 5.26 Å². The van der Waals surface area contributed by atoms with Crippen LogP contribution in [-0.2, 0) is 10.0 Å². The maximum Gasteiger partial charge on any atom is 0.260 e.